The summed E-state index contributed by atoms with van der Waals surface area (Å²) in [7, 11) is 2.00. The lowest BCUT2D eigenvalue weighted by Gasteiger charge is -2.13. The molecule has 1 aromatic carbocycles. The van der Waals surface area contributed by atoms with Crippen molar-refractivity contribution in [1.29, 1.82) is 0 Å². The van der Waals surface area contributed by atoms with Crippen LogP contribution >= 0.6 is 0 Å². The van der Waals surface area contributed by atoms with Gasteiger partial charge in [0, 0.05) is 5.39 Å². The number of furan rings is 1. The fourth-order valence-corrected chi connectivity index (χ4v) is 4.25. The van der Waals surface area contributed by atoms with Gasteiger partial charge in [0.25, 0.3) is 0 Å². The van der Waals surface area contributed by atoms with Crippen molar-refractivity contribution in [2.24, 2.45) is 17.8 Å². The van der Waals surface area contributed by atoms with Crippen LogP contribution in [0.5, 0.6) is 0 Å². The minimum Gasteiger partial charge on any atom is -0.459 e. The van der Waals surface area contributed by atoms with Gasteiger partial charge < -0.3 is 9.73 Å². The van der Waals surface area contributed by atoms with Gasteiger partial charge in [-0.3, -0.25) is 0 Å². The lowest BCUT2D eigenvalue weighted by atomic mass is 10.0. The Labute approximate surface area is 118 Å². The molecular formula is C17H20FNO. The lowest BCUT2D eigenvalue weighted by molar-refractivity contribution is 0.395. The van der Waals surface area contributed by atoms with Gasteiger partial charge in [0.2, 0.25) is 0 Å². The van der Waals surface area contributed by atoms with E-state index in [9.17, 15) is 4.39 Å². The van der Waals surface area contributed by atoms with Gasteiger partial charge in [0.15, 0.2) is 0 Å². The normalized spacial score (nSPS) is 30.2. The van der Waals surface area contributed by atoms with Gasteiger partial charge in [0.05, 0.1) is 6.04 Å². The Balaban J connectivity index is 1.66. The molecule has 2 aromatic rings. The van der Waals surface area contributed by atoms with Crippen molar-refractivity contribution < 1.29 is 8.81 Å². The molecule has 0 radical (unpaired) electrons. The van der Waals surface area contributed by atoms with Crippen LogP contribution < -0.4 is 5.32 Å². The zero-order chi connectivity index (χ0) is 13.7. The molecule has 3 heteroatoms. The van der Waals surface area contributed by atoms with Crippen LogP contribution in [0.2, 0.25) is 0 Å². The molecule has 0 saturated heterocycles. The van der Waals surface area contributed by atoms with E-state index in [0.29, 0.717) is 5.92 Å². The number of nitrogens with one attached hydrogen (secondary N) is 1. The highest BCUT2D eigenvalue weighted by Gasteiger charge is 2.54. The molecule has 4 rings (SSSR count). The van der Waals surface area contributed by atoms with E-state index in [1.807, 2.05) is 13.1 Å². The quantitative estimate of drug-likeness (QED) is 0.903. The van der Waals surface area contributed by atoms with Gasteiger partial charge in [-0.15, -0.1) is 0 Å². The summed E-state index contributed by atoms with van der Waals surface area (Å²) in [6.07, 6.45) is 5.48. The summed E-state index contributed by atoms with van der Waals surface area (Å²) in [5.41, 5.74) is 0.783. The molecule has 2 nitrogen and oxygen atoms in total. The number of hydrogen-bond acceptors (Lipinski definition) is 2. The van der Waals surface area contributed by atoms with Gasteiger partial charge in [-0.1, -0.05) is 12.8 Å². The van der Waals surface area contributed by atoms with Crippen LogP contribution in [0, 0.1) is 23.6 Å². The average Bonchev–Trinajstić information content (AvgIpc) is 3.01. The summed E-state index contributed by atoms with van der Waals surface area (Å²) in [5, 5.41) is 4.29. The standard InChI is InChI=1S/C17H20FNO/c1-19-17(16-12-4-2-3-5-13(12)16)15-9-10-8-11(18)6-7-14(10)20-15/h6-9,12-13,16-17,19H,2-5H2,1H3. The van der Waals surface area contributed by atoms with Gasteiger partial charge in [-0.05, 0) is 61.9 Å². The third-order valence-corrected chi connectivity index (χ3v) is 5.22. The SMILES string of the molecule is CNC(c1cc2cc(F)ccc2o1)C1C2CCCCC21. The number of fused-ring (bicyclic) bond motifs is 2. The first kappa shape index (κ1) is 12.4. The minimum absolute atomic E-state index is 0.203. The fraction of sp³-hybridized carbons (Fsp3) is 0.529. The fourth-order valence-electron chi connectivity index (χ4n) is 4.25. The minimum atomic E-state index is -0.203. The Hall–Kier alpha value is -1.35. The highest BCUT2D eigenvalue weighted by atomic mass is 19.1. The summed E-state index contributed by atoms with van der Waals surface area (Å²) in [5.74, 6) is 3.20. The van der Waals surface area contributed by atoms with E-state index < -0.39 is 0 Å². The Morgan fingerprint density at radius 3 is 2.65 bits per heavy atom. The predicted molar refractivity (Wildman–Crippen MR) is 76.9 cm³/mol. The first-order chi connectivity index (χ1) is 9.78. The summed E-state index contributed by atoms with van der Waals surface area (Å²) >= 11 is 0. The molecule has 2 saturated carbocycles. The van der Waals surface area contributed by atoms with Crippen molar-refractivity contribution in [3.8, 4) is 0 Å². The van der Waals surface area contributed by atoms with E-state index in [1.54, 1.807) is 12.1 Å². The zero-order valence-electron chi connectivity index (χ0n) is 11.7. The smallest absolute Gasteiger partial charge is 0.134 e. The second-order valence-corrected chi connectivity index (χ2v) is 6.29. The van der Waals surface area contributed by atoms with Crippen molar-refractivity contribution in [1.82, 2.24) is 5.32 Å². The molecule has 3 atom stereocenters. The maximum absolute atomic E-state index is 13.3. The molecule has 2 aliphatic rings. The first-order valence-corrected chi connectivity index (χ1v) is 7.64. The molecule has 0 amide bonds. The monoisotopic (exact) mass is 273 g/mol. The molecule has 0 spiro atoms. The molecular weight excluding hydrogens is 253 g/mol. The molecule has 3 unspecified atom stereocenters. The lowest BCUT2D eigenvalue weighted by Crippen LogP contribution is -2.19. The van der Waals surface area contributed by atoms with Crippen LogP contribution in [0.3, 0.4) is 0 Å². The highest BCUT2D eigenvalue weighted by molar-refractivity contribution is 5.78. The zero-order valence-corrected chi connectivity index (χ0v) is 11.7. The summed E-state index contributed by atoms with van der Waals surface area (Å²) < 4.78 is 19.2. The van der Waals surface area contributed by atoms with Crippen LogP contribution in [0.25, 0.3) is 11.0 Å². The van der Waals surface area contributed by atoms with E-state index in [4.69, 9.17) is 4.42 Å². The van der Waals surface area contributed by atoms with Crippen molar-refractivity contribution in [2.45, 2.75) is 31.7 Å². The van der Waals surface area contributed by atoms with Crippen molar-refractivity contribution >= 4 is 11.0 Å². The summed E-state index contributed by atoms with van der Waals surface area (Å²) in [4.78, 5) is 0. The Bertz CT molecular complexity index is 623. The molecule has 1 N–H and O–H groups in total. The van der Waals surface area contributed by atoms with Gasteiger partial charge in [-0.2, -0.15) is 0 Å². The van der Waals surface area contributed by atoms with Crippen LogP contribution in [-0.2, 0) is 0 Å². The van der Waals surface area contributed by atoms with E-state index >= 15 is 0 Å². The first-order valence-electron chi connectivity index (χ1n) is 7.64. The largest absolute Gasteiger partial charge is 0.459 e. The van der Waals surface area contributed by atoms with Crippen LogP contribution in [0.1, 0.15) is 37.5 Å². The second kappa shape index (κ2) is 4.59. The molecule has 106 valence electrons. The van der Waals surface area contributed by atoms with E-state index in [-0.39, 0.29) is 11.9 Å². The topological polar surface area (TPSA) is 25.2 Å². The third-order valence-electron chi connectivity index (χ3n) is 5.22. The van der Waals surface area contributed by atoms with Gasteiger partial charge >= 0.3 is 0 Å². The molecule has 1 aromatic heterocycles. The Morgan fingerprint density at radius 1 is 1.20 bits per heavy atom. The molecule has 2 fully saturated rings. The van der Waals surface area contributed by atoms with E-state index in [0.717, 1.165) is 28.6 Å². The highest BCUT2D eigenvalue weighted by Crippen LogP contribution is 2.60. The van der Waals surface area contributed by atoms with E-state index in [2.05, 4.69) is 5.32 Å². The Kier molecular flexibility index (Phi) is 2.84. The van der Waals surface area contributed by atoms with E-state index in [1.165, 1.54) is 31.7 Å². The van der Waals surface area contributed by atoms with Gasteiger partial charge in [-0.25, -0.2) is 4.39 Å². The number of hydrogen-bond donors (Lipinski definition) is 1. The van der Waals surface area contributed by atoms with Crippen LogP contribution in [0.15, 0.2) is 28.7 Å². The van der Waals surface area contributed by atoms with Crippen LogP contribution in [0.4, 0.5) is 4.39 Å². The van der Waals surface area contributed by atoms with Crippen molar-refractivity contribution in [3.05, 3.63) is 35.8 Å². The molecule has 0 aliphatic heterocycles. The molecule has 0 bridgehead atoms. The number of rotatable bonds is 3. The van der Waals surface area contributed by atoms with Crippen molar-refractivity contribution in [3.63, 3.8) is 0 Å². The Morgan fingerprint density at radius 2 is 1.95 bits per heavy atom. The van der Waals surface area contributed by atoms with Crippen LogP contribution in [-0.4, -0.2) is 7.05 Å². The average molecular weight is 273 g/mol. The molecule has 1 heterocycles. The molecule has 20 heavy (non-hydrogen) atoms. The summed E-state index contributed by atoms with van der Waals surface area (Å²) in [6, 6.07) is 7.01. The van der Waals surface area contributed by atoms with Crippen molar-refractivity contribution in [2.75, 3.05) is 7.05 Å². The maximum atomic E-state index is 13.3. The predicted octanol–water partition coefficient (Wildman–Crippen LogP) is 4.27. The van der Waals surface area contributed by atoms with Gasteiger partial charge in [0.1, 0.15) is 17.2 Å². The number of halogens is 1. The summed E-state index contributed by atoms with van der Waals surface area (Å²) in [6.45, 7) is 0. The maximum Gasteiger partial charge on any atom is 0.134 e. The number of benzene rings is 1. The third kappa shape index (κ3) is 1.87. The molecule has 2 aliphatic carbocycles. The second-order valence-electron chi connectivity index (χ2n) is 6.29.